The number of nitrogens with two attached hydrogens (primary N) is 1. The fourth-order valence-electron chi connectivity index (χ4n) is 1.68. The number of rotatable bonds is 4. The average Bonchev–Trinajstić information content (AvgIpc) is 2.42. The molecule has 3 N–H and O–H groups in total. The summed E-state index contributed by atoms with van der Waals surface area (Å²) in [5.74, 6) is 0.349. The van der Waals surface area contributed by atoms with E-state index in [0.29, 0.717) is 11.4 Å². The first-order valence-electron chi connectivity index (χ1n) is 6.09. The molecule has 0 radical (unpaired) electrons. The van der Waals surface area contributed by atoms with Crippen LogP contribution >= 0.6 is 15.9 Å². The third-order valence-corrected chi connectivity index (χ3v) is 3.75. The highest BCUT2D eigenvalue weighted by Crippen LogP contribution is 2.25. The SMILES string of the molecule is Cc1cccc(NC(=O)COc2cccc(N)c2)c1Br. The number of halogens is 1. The monoisotopic (exact) mass is 334 g/mol. The number of nitrogens with one attached hydrogen (secondary N) is 1. The van der Waals surface area contributed by atoms with Gasteiger partial charge in [0, 0.05) is 16.2 Å². The van der Waals surface area contributed by atoms with E-state index in [1.165, 1.54) is 0 Å². The van der Waals surface area contributed by atoms with E-state index in [4.69, 9.17) is 10.5 Å². The molecule has 5 heteroatoms. The average molecular weight is 335 g/mol. The Morgan fingerprint density at radius 3 is 2.80 bits per heavy atom. The van der Waals surface area contributed by atoms with Crippen LogP contribution in [0.5, 0.6) is 5.75 Å². The minimum absolute atomic E-state index is 0.0656. The van der Waals surface area contributed by atoms with Crippen LogP contribution in [0.15, 0.2) is 46.9 Å². The maximum Gasteiger partial charge on any atom is 0.262 e. The van der Waals surface area contributed by atoms with Gasteiger partial charge in [-0.2, -0.15) is 0 Å². The van der Waals surface area contributed by atoms with Crippen LogP contribution < -0.4 is 15.8 Å². The Morgan fingerprint density at radius 1 is 1.30 bits per heavy atom. The van der Waals surface area contributed by atoms with E-state index in [9.17, 15) is 4.79 Å². The van der Waals surface area contributed by atoms with E-state index in [2.05, 4.69) is 21.2 Å². The van der Waals surface area contributed by atoms with E-state index < -0.39 is 0 Å². The standard InChI is InChI=1S/C15H15BrN2O2/c1-10-4-2-7-13(15(10)16)18-14(19)9-20-12-6-3-5-11(17)8-12/h2-8H,9,17H2,1H3,(H,18,19). The Bertz CT molecular complexity index is 629. The maximum absolute atomic E-state index is 11.8. The van der Waals surface area contributed by atoms with Gasteiger partial charge in [-0.15, -0.1) is 0 Å². The van der Waals surface area contributed by atoms with Gasteiger partial charge in [0.15, 0.2) is 6.61 Å². The van der Waals surface area contributed by atoms with Gasteiger partial charge in [0.2, 0.25) is 0 Å². The highest BCUT2D eigenvalue weighted by atomic mass is 79.9. The largest absolute Gasteiger partial charge is 0.484 e. The second-order valence-corrected chi connectivity index (χ2v) is 5.14. The van der Waals surface area contributed by atoms with Crippen molar-refractivity contribution < 1.29 is 9.53 Å². The number of carbonyl (C=O) groups excluding carboxylic acids is 1. The van der Waals surface area contributed by atoms with Gasteiger partial charge in [-0.25, -0.2) is 0 Å². The van der Waals surface area contributed by atoms with Gasteiger partial charge >= 0.3 is 0 Å². The van der Waals surface area contributed by atoms with E-state index in [1.54, 1.807) is 24.3 Å². The minimum atomic E-state index is -0.223. The zero-order valence-corrected chi connectivity index (χ0v) is 12.6. The van der Waals surface area contributed by atoms with Crippen LogP contribution in [0.2, 0.25) is 0 Å². The molecule has 0 spiro atoms. The minimum Gasteiger partial charge on any atom is -0.484 e. The third-order valence-electron chi connectivity index (χ3n) is 2.69. The molecule has 0 saturated carbocycles. The van der Waals surface area contributed by atoms with Crippen molar-refractivity contribution in [3.63, 3.8) is 0 Å². The summed E-state index contributed by atoms with van der Waals surface area (Å²) in [6.07, 6.45) is 0. The first-order valence-corrected chi connectivity index (χ1v) is 6.89. The lowest BCUT2D eigenvalue weighted by Gasteiger charge is -2.10. The molecule has 0 heterocycles. The predicted octanol–water partition coefficient (Wildman–Crippen LogP) is 3.36. The molecule has 0 fully saturated rings. The zero-order chi connectivity index (χ0) is 14.5. The number of aryl methyl sites for hydroxylation is 1. The Morgan fingerprint density at radius 2 is 2.05 bits per heavy atom. The van der Waals surface area contributed by atoms with E-state index in [1.807, 2.05) is 25.1 Å². The fourth-order valence-corrected chi connectivity index (χ4v) is 2.05. The van der Waals surface area contributed by atoms with E-state index in [0.717, 1.165) is 15.7 Å². The number of anilines is 2. The summed E-state index contributed by atoms with van der Waals surface area (Å²) in [5.41, 5.74) is 8.02. The van der Waals surface area contributed by atoms with Crippen molar-refractivity contribution >= 4 is 33.2 Å². The van der Waals surface area contributed by atoms with Crippen LogP contribution in [0, 0.1) is 6.92 Å². The number of benzene rings is 2. The molecule has 0 aliphatic heterocycles. The lowest BCUT2D eigenvalue weighted by molar-refractivity contribution is -0.118. The lowest BCUT2D eigenvalue weighted by atomic mass is 10.2. The Kier molecular flexibility index (Phi) is 4.63. The molecule has 104 valence electrons. The van der Waals surface area contributed by atoms with E-state index >= 15 is 0 Å². The van der Waals surface area contributed by atoms with Gasteiger partial charge < -0.3 is 15.8 Å². The van der Waals surface area contributed by atoms with Crippen molar-refractivity contribution in [1.82, 2.24) is 0 Å². The van der Waals surface area contributed by atoms with Gasteiger partial charge in [0.25, 0.3) is 5.91 Å². The van der Waals surface area contributed by atoms with Crippen LogP contribution in [0.25, 0.3) is 0 Å². The van der Waals surface area contributed by atoms with Crippen LogP contribution in [-0.4, -0.2) is 12.5 Å². The molecule has 0 saturated heterocycles. The number of hydrogen-bond donors (Lipinski definition) is 2. The zero-order valence-electron chi connectivity index (χ0n) is 11.0. The van der Waals surface area contributed by atoms with Gasteiger partial charge in [-0.3, -0.25) is 4.79 Å². The molecular weight excluding hydrogens is 320 g/mol. The Labute approximate surface area is 126 Å². The summed E-state index contributed by atoms with van der Waals surface area (Å²) < 4.78 is 6.26. The number of nitrogen functional groups attached to an aromatic ring is 1. The van der Waals surface area contributed by atoms with Crippen molar-refractivity contribution in [1.29, 1.82) is 0 Å². The molecule has 0 atom stereocenters. The molecule has 0 aliphatic rings. The summed E-state index contributed by atoms with van der Waals surface area (Å²) in [5, 5.41) is 2.79. The first-order chi connectivity index (χ1) is 9.56. The molecule has 4 nitrogen and oxygen atoms in total. The normalized spacial score (nSPS) is 10.1. The first kappa shape index (κ1) is 14.4. The molecule has 2 rings (SSSR count). The van der Waals surface area contributed by atoms with Crippen molar-refractivity contribution in [3.8, 4) is 5.75 Å². The van der Waals surface area contributed by atoms with Crippen LogP contribution in [0.1, 0.15) is 5.56 Å². The third kappa shape index (κ3) is 3.74. The molecule has 2 aromatic rings. The molecular formula is C15H15BrN2O2. The number of hydrogen-bond acceptors (Lipinski definition) is 3. The quantitative estimate of drug-likeness (QED) is 0.842. The molecule has 1 amide bonds. The Balaban J connectivity index is 1.94. The Hall–Kier alpha value is -2.01. The predicted molar refractivity (Wildman–Crippen MR) is 83.9 cm³/mol. The smallest absolute Gasteiger partial charge is 0.262 e. The number of amides is 1. The summed E-state index contributed by atoms with van der Waals surface area (Å²) in [6.45, 7) is 1.90. The highest BCUT2D eigenvalue weighted by Gasteiger charge is 2.07. The van der Waals surface area contributed by atoms with Crippen molar-refractivity contribution in [2.75, 3.05) is 17.7 Å². The van der Waals surface area contributed by atoms with Crippen LogP contribution in [0.4, 0.5) is 11.4 Å². The molecule has 0 aromatic heterocycles. The van der Waals surface area contributed by atoms with Gasteiger partial charge in [-0.05, 0) is 46.6 Å². The summed E-state index contributed by atoms with van der Waals surface area (Å²) >= 11 is 3.44. The molecule has 0 unspecified atom stereocenters. The topological polar surface area (TPSA) is 64.3 Å². The van der Waals surface area contributed by atoms with Crippen molar-refractivity contribution in [2.45, 2.75) is 6.92 Å². The number of ether oxygens (including phenoxy) is 1. The van der Waals surface area contributed by atoms with E-state index in [-0.39, 0.29) is 12.5 Å². The molecule has 0 bridgehead atoms. The fraction of sp³-hybridized carbons (Fsp3) is 0.133. The molecule has 2 aromatic carbocycles. The highest BCUT2D eigenvalue weighted by molar-refractivity contribution is 9.10. The molecule has 20 heavy (non-hydrogen) atoms. The van der Waals surface area contributed by atoms with Crippen LogP contribution in [-0.2, 0) is 4.79 Å². The molecule has 0 aliphatic carbocycles. The van der Waals surface area contributed by atoms with Gasteiger partial charge in [0.1, 0.15) is 5.75 Å². The second-order valence-electron chi connectivity index (χ2n) is 4.35. The van der Waals surface area contributed by atoms with Crippen molar-refractivity contribution in [3.05, 3.63) is 52.5 Å². The van der Waals surface area contributed by atoms with Crippen molar-refractivity contribution in [2.24, 2.45) is 0 Å². The summed E-state index contributed by atoms with van der Waals surface area (Å²) in [7, 11) is 0. The second kappa shape index (κ2) is 6.43. The summed E-state index contributed by atoms with van der Waals surface area (Å²) in [4.78, 5) is 11.8. The maximum atomic E-state index is 11.8. The lowest BCUT2D eigenvalue weighted by Crippen LogP contribution is -2.20. The van der Waals surface area contributed by atoms with Gasteiger partial charge in [0.05, 0.1) is 5.69 Å². The van der Waals surface area contributed by atoms with Crippen LogP contribution in [0.3, 0.4) is 0 Å². The number of carbonyl (C=O) groups is 1. The summed E-state index contributed by atoms with van der Waals surface area (Å²) in [6, 6.07) is 12.6. The van der Waals surface area contributed by atoms with Gasteiger partial charge in [-0.1, -0.05) is 18.2 Å².